The van der Waals surface area contributed by atoms with Crippen molar-refractivity contribution in [1.29, 1.82) is 0 Å². The molecule has 1 fully saturated rings. The fourth-order valence-corrected chi connectivity index (χ4v) is 2.03. The van der Waals surface area contributed by atoms with Gasteiger partial charge in [0.2, 0.25) is 0 Å². The summed E-state index contributed by atoms with van der Waals surface area (Å²) >= 11 is 11.8. The molecule has 0 bridgehead atoms. The van der Waals surface area contributed by atoms with Crippen LogP contribution in [0.25, 0.3) is 0 Å². The Bertz CT molecular complexity index is 375. The van der Waals surface area contributed by atoms with Crippen molar-refractivity contribution in [2.75, 3.05) is 31.7 Å². The van der Waals surface area contributed by atoms with Crippen molar-refractivity contribution < 1.29 is 9.84 Å². The van der Waals surface area contributed by atoms with E-state index in [1.807, 2.05) is 6.07 Å². The summed E-state index contributed by atoms with van der Waals surface area (Å²) in [7, 11) is 0. The van der Waals surface area contributed by atoms with E-state index >= 15 is 0 Å². The zero-order valence-corrected chi connectivity index (χ0v) is 10.2. The van der Waals surface area contributed by atoms with Crippen molar-refractivity contribution in [3.8, 4) is 0 Å². The Morgan fingerprint density at radius 3 is 2.62 bits per heavy atom. The summed E-state index contributed by atoms with van der Waals surface area (Å²) in [6.07, 6.45) is 0. The van der Waals surface area contributed by atoms with Gasteiger partial charge in [0.05, 0.1) is 35.9 Å². The highest BCUT2D eigenvalue weighted by atomic mass is 35.5. The fourth-order valence-electron chi connectivity index (χ4n) is 1.56. The van der Waals surface area contributed by atoms with E-state index in [0.717, 1.165) is 5.69 Å². The third-order valence-corrected chi connectivity index (χ3v) is 3.28. The predicted molar refractivity (Wildman–Crippen MR) is 65.3 cm³/mol. The molecule has 0 aliphatic carbocycles. The third kappa shape index (κ3) is 2.43. The normalized spacial score (nSPS) is 17.9. The van der Waals surface area contributed by atoms with E-state index in [1.165, 1.54) is 0 Å². The van der Waals surface area contributed by atoms with Crippen LogP contribution in [-0.4, -0.2) is 31.5 Å². The van der Waals surface area contributed by atoms with Gasteiger partial charge in [0.25, 0.3) is 0 Å². The molecule has 1 saturated heterocycles. The van der Waals surface area contributed by atoms with Gasteiger partial charge in [-0.1, -0.05) is 23.2 Å². The first-order valence-corrected chi connectivity index (χ1v) is 5.78. The van der Waals surface area contributed by atoms with Crippen LogP contribution in [0.3, 0.4) is 0 Å². The number of rotatable bonds is 4. The highest BCUT2D eigenvalue weighted by molar-refractivity contribution is 6.36. The van der Waals surface area contributed by atoms with Crippen molar-refractivity contribution in [1.82, 2.24) is 0 Å². The van der Waals surface area contributed by atoms with E-state index in [9.17, 15) is 5.11 Å². The quantitative estimate of drug-likeness (QED) is 0.875. The number of benzene rings is 1. The summed E-state index contributed by atoms with van der Waals surface area (Å²) in [5, 5.41) is 13.7. The summed E-state index contributed by atoms with van der Waals surface area (Å²) in [5.41, 5.74) is 0.661. The average Bonchev–Trinajstić information content (AvgIpc) is 2.19. The second kappa shape index (κ2) is 4.80. The molecule has 2 N–H and O–H groups in total. The molecule has 0 aromatic heterocycles. The maximum absolute atomic E-state index is 9.25. The summed E-state index contributed by atoms with van der Waals surface area (Å²) in [6.45, 7) is 1.93. The van der Waals surface area contributed by atoms with Gasteiger partial charge < -0.3 is 15.2 Å². The number of ether oxygens (including phenoxy) is 1. The number of hydrogen-bond donors (Lipinski definition) is 2. The Kier molecular flexibility index (Phi) is 3.60. The highest BCUT2D eigenvalue weighted by Gasteiger charge is 2.37. The SMILES string of the molecule is OCC1(CNc2ccc(Cl)cc2Cl)COC1. The molecular weight excluding hydrogens is 249 g/mol. The van der Waals surface area contributed by atoms with Gasteiger partial charge in [-0.15, -0.1) is 0 Å². The second-order valence-electron chi connectivity index (χ2n) is 4.13. The van der Waals surface area contributed by atoms with E-state index in [4.69, 9.17) is 27.9 Å². The zero-order chi connectivity index (χ0) is 11.6. The predicted octanol–water partition coefficient (Wildman–Crippen LogP) is 2.41. The largest absolute Gasteiger partial charge is 0.396 e. The molecule has 1 aliphatic heterocycles. The molecule has 16 heavy (non-hydrogen) atoms. The van der Waals surface area contributed by atoms with E-state index in [2.05, 4.69) is 5.32 Å². The molecule has 1 heterocycles. The minimum atomic E-state index is -0.164. The van der Waals surface area contributed by atoms with Gasteiger partial charge in [-0.25, -0.2) is 0 Å². The van der Waals surface area contributed by atoms with Gasteiger partial charge in [-0.3, -0.25) is 0 Å². The standard InChI is InChI=1S/C11H13Cl2NO2/c12-8-1-2-10(9(13)3-8)14-4-11(5-15)6-16-7-11/h1-3,14-15H,4-7H2. The lowest BCUT2D eigenvalue weighted by Gasteiger charge is -2.40. The Balaban J connectivity index is 1.99. The van der Waals surface area contributed by atoms with Crippen molar-refractivity contribution in [3.63, 3.8) is 0 Å². The molecule has 0 saturated carbocycles. The van der Waals surface area contributed by atoms with Crippen molar-refractivity contribution in [3.05, 3.63) is 28.2 Å². The van der Waals surface area contributed by atoms with Gasteiger partial charge in [0.15, 0.2) is 0 Å². The number of halogens is 2. The first-order chi connectivity index (χ1) is 7.65. The summed E-state index contributed by atoms with van der Waals surface area (Å²) in [4.78, 5) is 0. The molecule has 1 aromatic carbocycles. The van der Waals surface area contributed by atoms with E-state index < -0.39 is 0 Å². The smallest absolute Gasteiger partial charge is 0.0652 e. The first-order valence-electron chi connectivity index (χ1n) is 5.03. The van der Waals surface area contributed by atoms with E-state index in [-0.39, 0.29) is 12.0 Å². The van der Waals surface area contributed by atoms with Crippen LogP contribution in [0.4, 0.5) is 5.69 Å². The average molecular weight is 262 g/mol. The van der Waals surface area contributed by atoms with Gasteiger partial charge in [0.1, 0.15) is 0 Å². The van der Waals surface area contributed by atoms with Crippen molar-refractivity contribution >= 4 is 28.9 Å². The molecule has 0 unspecified atom stereocenters. The fraction of sp³-hybridized carbons (Fsp3) is 0.455. The Morgan fingerprint density at radius 1 is 1.38 bits per heavy atom. The van der Waals surface area contributed by atoms with Crippen LogP contribution in [0, 0.1) is 5.41 Å². The molecular formula is C11H13Cl2NO2. The zero-order valence-electron chi connectivity index (χ0n) is 8.67. The minimum Gasteiger partial charge on any atom is -0.396 e. The molecule has 0 spiro atoms. The van der Waals surface area contributed by atoms with Gasteiger partial charge in [-0.2, -0.15) is 0 Å². The van der Waals surface area contributed by atoms with Crippen LogP contribution in [-0.2, 0) is 4.74 Å². The highest BCUT2D eigenvalue weighted by Crippen LogP contribution is 2.30. The Morgan fingerprint density at radius 2 is 2.12 bits per heavy atom. The van der Waals surface area contributed by atoms with Crippen LogP contribution in [0.15, 0.2) is 18.2 Å². The van der Waals surface area contributed by atoms with Gasteiger partial charge >= 0.3 is 0 Å². The molecule has 1 aliphatic rings. The summed E-state index contributed by atoms with van der Waals surface area (Å²) < 4.78 is 5.11. The van der Waals surface area contributed by atoms with Crippen LogP contribution in [0.5, 0.6) is 0 Å². The first kappa shape index (κ1) is 12.0. The summed E-state index contributed by atoms with van der Waals surface area (Å²) in [6, 6.07) is 5.29. The molecule has 3 nitrogen and oxygen atoms in total. The minimum absolute atomic E-state index is 0.116. The van der Waals surface area contributed by atoms with Crippen molar-refractivity contribution in [2.45, 2.75) is 0 Å². The van der Waals surface area contributed by atoms with E-state index in [1.54, 1.807) is 12.1 Å². The summed E-state index contributed by atoms with van der Waals surface area (Å²) in [5.74, 6) is 0. The molecule has 5 heteroatoms. The lowest BCUT2D eigenvalue weighted by atomic mass is 9.87. The Hall–Kier alpha value is -0.480. The molecule has 0 atom stereocenters. The molecule has 88 valence electrons. The van der Waals surface area contributed by atoms with Gasteiger partial charge in [0, 0.05) is 11.6 Å². The number of aliphatic hydroxyl groups excluding tert-OH is 1. The Labute approximate surface area is 104 Å². The monoisotopic (exact) mass is 261 g/mol. The number of aliphatic hydroxyl groups is 1. The maximum Gasteiger partial charge on any atom is 0.0652 e. The topological polar surface area (TPSA) is 41.5 Å². The number of anilines is 1. The van der Waals surface area contributed by atoms with Crippen LogP contribution >= 0.6 is 23.2 Å². The molecule has 1 aromatic rings. The van der Waals surface area contributed by atoms with Crippen LogP contribution < -0.4 is 5.32 Å². The maximum atomic E-state index is 9.25. The molecule has 2 rings (SSSR count). The lowest BCUT2D eigenvalue weighted by molar-refractivity contribution is -0.128. The second-order valence-corrected chi connectivity index (χ2v) is 4.97. The van der Waals surface area contributed by atoms with Crippen LogP contribution in [0.2, 0.25) is 10.0 Å². The van der Waals surface area contributed by atoms with Gasteiger partial charge in [-0.05, 0) is 18.2 Å². The number of nitrogens with one attached hydrogen (secondary N) is 1. The molecule has 0 amide bonds. The van der Waals surface area contributed by atoms with Crippen LogP contribution in [0.1, 0.15) is 0 Å². The third-order valence-electron chi connectivity index (χ3n) is 2.74. The molecule has 0 radical (unpaired) electrons. The lowest BCUT2D eigenvalue weighted by Crippen LogP contribution is -2.50. The van der Waals surface area contributed by atoms with E-state index in [0.29, 0.717) is 29.8 Å². The van der Waals surface area contributed by atoms with Crippen molar-refractivity contribution in [2.24, 2.45) is 5.41 Å². The number of hydrogen-bond acceptors (Lipinski definition) is 3.